The molecule has 1 amide bonds. The molecule has 4 rings (SSSR count). The number of aliphatic hydroxyl groups is 3. The Balaban J connectivity index is 1.70. The zero-order valence-electron chi connectivity index (χ0n) is 40.6. The second-order valence-electron chi connectivity index (χ2n) is 19.6. The SMILES string of the molecule is CO[C@H]1C[C@@H]2CC[C@@H](C)[C@@](O)(O2)C(=O)C(=O)N2CCCC[C@H]2C(=O)OC([C@H](C)C[C@@H]2CC[C@@H](O)[C@H](OC)C2)CC(=O)[C@H](C)/C=C(\C)[C@H](O)[C@@H](OC)C(=O)[C@H](C)C[C@H](C)/C=C/C=C/C=C/1C. The second kappa shape index (κ2) is 25.1. The van der Waals surface area contributed by atoms with Gasteiger partial charge < -0.3 is 43.9 Å². The highest BCUT2D eigenvalue weighted by molar-refractivity contribution is 6.39. The highest BCUT2D eigenvalue weighted by atomic mass is 16.6. The molecule has 3 N–H and O–H groups in total. The molecule has 14 nitrogen and oxygen atoms in total. The molecular formula is C51H79NO13. The van der Waals surface area contributed by atoms with E-state index in [1.54, 1.807) is 41.1 Å². The van der Waals surface area contributed by atoms with Crippen LogP contribution in [-0.4, -0.2) is 132 Å². The molecule has 0 aromatic rings. The number of Topliss-reactive ketones (excluding diaryl/α,β-unsaturated/α-hetero) is 3. The van der Waals surface area contributed by atoms with E-state index >= 15 is 0 Å². The monoisotopic (exact) mass is 914 g/mol. The van der Waals surface area contributed by atoms with Gasteiger partial charge in [0.25, 0.3) is 11.7 Å². The molecule has 3 fully saturated rings. The molecule has 2 bridgehead atoms. The number of aliphatic hydroxyl groups excluding tert-OH is 2. The minimum absolute atomic E-state index is 0.0193. The van der Waals surface area contributed by atoms with Crippen LogP contribution in [-0.2, 0) is 47.7 Å². The number of carbonyl (C=O) groups is 5. The minimum atomic E-state index is -2.43. The van der Waals surface area contributed by atoms with E-state index < -0.39 is 83.9 Å². The summed E-state index contributed by atoms with van der Waals surface area (Å²) in [6.07, 6.45) is 11.2. The predicted molar refractivity (Wildman–Crippen MR) is 245 cm³/mol. The van der Waals surface area contributed by atoms with E-state index in [2.05, 4.69) is 0 Å². The van der Waals surface area contributed by atoms with Crippen molar-refractivity contribution in [1.82, 2.24) is 4.90 Å². The summed E-state index contributed by atoms with van der Waals surface area (Å²) in [4.78, 5) is 71.8. The van der Waals surface area contributed by atoms with Gasteiger partial charge in [-0.25, -0.2) is 4.79 Å². The van der Waals surface area contributed by atoms with Gasteiger partial charge in [0.05, 0.1) is 24.4 Å². The summed E-state index contributed by atoms with van der Waals surface area (Å²) in [6, 6.07) is -1.14. The fourth-order valence-corrected chi connectivity index (χ4v) is 10.1. The Labute approximate surface area is 387 Å². The first kappa shape index (κ1) is 54.2. The third-order valence-corrected chi connectivity index (χ3v) is 14.5. The molecule has 2 saturated heterocycles. The van der Waals surface area contributed by atoms with Crippen molar-refractivity contribution in [3.05, 3.63) is 47.6 Å². The Morgan fingerprint density at radius 3 is 2.25 bits per heavy atom. The van der Waals surface area contributed by atoms with Gasteiger partial charge in [-0.2, -0.15) is 0 Å². The topological polar surface area (TPSA) is 195 Å². The van der Waals surface area contributed by atoms with Crippen molar-refractivity contribution in [2.24, 2.45) is 35.5 Å². The van der Waals surface area contributed by atoms with Crippen LogP contribution in [0.5, 0.6) is 0 Å². The first-order valence-electron chi connectivity index (χ1n) is 23.9. The molecule has 3 heterocycles. The number of piperidine rings is 1. The first-order valence-corrected chi connectivity index (χ1v) is 23.9. The Morgan fingerprint density at radius 1 is 0.846 bits per heavy atom. The molecule has 366 valence electrons. The number of ether oxygens (including phenoxy) is 5. The van der Waals surface area contributed by atoms with E-state index in [-0.39, 0.29) is 54.8 Å². The standard InChI is InChI=1S/C51H79NO13/c1-30-16-12-11-13-17-31(2)42(61-8)28-38-21-19-36(7)51(60,65-38)48(57)49(58)52-23-15-14-18-39(52)50(59)64-43(33(4)26-37-20-22-40(53)44(27-37)62-9)29-41(54)32(3)25-35(6)46(56)47(63-10)45(55)34(5)24-30/h11-13,16-17,25,30,32-34,36-40,42-44,46-47,53,56,60H,14-15,18-24,26-29H2,1-10H3/b13-11+,16-12+,31-17+,35-25+/t30-,32-,33-,34-,36-,37+,38+,39+,40-,42+,43?,44-,46+,47+,51-/m1/s1. The molecule has 0 radical (unpaired) electrons. The van der Waals surface area contributed by atoms with Crippen LogP contribution in [0.4, 0.5) is 0 Å². The maximum atomic E-state index is 14.4. The lowest BCUT2D eigenvalue weighted by atomic mass is 9.78. The number of rotatable bonds is 6. The Kier molecular flexibility index (Phi) is 21.0. The van der Waals surface area contributed by atoms with Crippen LogP contribution in [0, 0.1) is 35.5 Å². The molecule has 4 aliphatic rings. The maximum Gasteiger partial charge on any atom is 0.329 e. The lowest BCUT2D eigenvalue weighted by molar-refractivity contribution is -0.265. The van der Waals surface area contributed by atoms with Crippen LogP contribution in [0.25, 0.3) is 0 Å². The molecule has 0 aromatic heterocycles. The summed E-state index contributed by atoms with van der Waals surface area (Å²) in [6.45, 7) is 12.7. The molecule has 15 atom stereocenters. The lowest BCUT2D eigenvalue weighted by Gasteiger charge is -2.42. The maximum absolute atomic E-state index is 14.4. The van der Waals surface area contributed by atoms with Gasteiger partial charge in [-0.3, -0.25) is 19.2 Å². The normalized spacial score (nSPS) is 40.4. The van der Waals surface area contributed by atoms with Crippen molar-refractivity contribution >= 4 is 29.2 Å². The summed E-state index contributed by atoms with van der Waals surface area (Å²) in [5.74, 6) is -7.96. The number of fused-ring (bicyclic) bond motifs is 3. The van der Waals surface area contributed by atoms with Gasteiger partial charge in [0.15, 0.2) is 5.78 Å². The molecule has 65 heavy (non-hydrogen) atoms. The molecule has 1 unspecified atom stereocenters. The van der Waals surface area contributed by atoms with Crippen molar-refractivity contribution in [3.8, 4) is 0 Å². The molecule has 0 spiro atoms. The molecule has 1 aliphatic carbocycles. The number of hydrogen-bond donors (Lipinski definition) is 3. The Bertz CT molecular complexity index is 1760. The number of amides is 1. The number of cyclic esters (lactones) is 1. The second-order valence-corrected chi connectivity index (χ2v) is 19.6. The van der Waals surface area contributed by atoms with E-state index in [0.29, 0.717) is 63.4 Å². The summed E-state index contributed by atoms with van der Waals surface area (Å²) in [7, 11) is 4.52. The van der Waals surface area contributed by atoms with Gasteiger partial charge in [0.2, 0.25) is 5.79 Å². The van der Waals surface area contributed by atoms with E-state index in [9.17, 15) is 39.3 Å². The molecule has 14 heteroatoms. The number of hydrogen-bond acceptors (Lipinski definition) is 13. The number of allylic oxidation sites excluding steroid dienone is 6. The quantitative estimate of drug-likeness (QED) is 0.156. The van der Waals surface area contributed by atoms with Gasteiger partial charge in [0, 0.05) is 58.5 Å². The zero-order chi connectivity index (χ0) is 48.2. The van der Waals surface area contributed by atoms with E-state index in [1.807, 2.05) is 58.1 Å². The minimum Gasteiger partial charge on any atom is -0.460 e. The van der Waals surface area contributed by atoms with Gasteiger partial charge in [0.1, 0.15) is 30.1 Å². The summed E-state index contributed by atoms with van der Waals surface area (Å²) >= 11 is 0. The summed E-state index contributed by atoms with van der Waals surface area (Å²) in [5, 5.41) is 33.8. The zero-order valence-corrected chi connectivity index (χ0v) is 40.6. The molecular weight excluding hydrogens is 835 g/mol. The van der Waals surface area contributed by atoms with E-state index in [4.69, 9.17) is 23.7 Å². The highest BCUT2D eigenvalue weighted by Gasteiger charge is 2.53. The molecule has 0 aromatic carbocycles. The fraction of sp³-hybridized carbons (Fsp3) is 0.745. The van der Waals surface area contributed by atoms with Crippen LogP contribution in [0.2, 0.25) is 0 Å². The van der Waals surface area contributed by atoms with Crippen molar-refractivity contribution in [3.63, 3.8) is 0 Å². The number of carbonyl (C=O) groups excluding carboxylic acids is 5. The number of ketones is 3. The fourth-order valence-electron chi connectivity index (χ4n) is 10.1. The largest absolute Gasteiger partial charge is 0.460 e. The van der Waals surface area contributed by atoms with Crippen LogP contribution in [0.15, 0.2) is 47.6 Å². The van der Waals surface area contributed by atoms with Gasteiger partial charge in [-0.15, -0.1) is 0 Å². The first-order chi connectivity index (χ1) is 30.7. The summed E-state index contributed by atoms with van der Waals surface area (Å²) < 4.78 is 29.4. The number of esters is 1. The Morgan fingerprint density at radius 2 is 1.57 bits per heavy atom. The molecule has 1 saturated carbocycles. The summed E-state index contributed by atoms with van der Waals surface area (Å²) in [5.41, 5.74) is 1.27. The average Bonchev–Trinajstić information content (AvgIpc) is 3.28. The van der Waals surface area contributed by atoms with Gasteiger partial charge in [-0.05, 0) is 107 Å². The Hall–Kier alpha value is -3.37. The third-order valence-electron chi connectivity index (χ3n) is 14.5. The van der Waals surface area contributed by atoms with Crippen LogP contribution in [0.3, 0.4) is 0 Å². The van der Waals surface area contributed by atoms with E-state index in [0.717, 1.165) is 12.0 Å². The van der Waals surface area contributed by atoms with Crippen LogP contribution >= 0.6 is 0 Å². The lowest BCUT2D eigenvalue weighted by Crippen LogP contribution is -2.61. The van der Waals surface area contributed by atoms with Crippen molar-refractivity contribution < 1.29 is 63.0 Å². The third kappa shape index (κ3) is 14.3. The van der Waals surface area contributed by atoms with Crippen molar-refractivity contribution in [2.45, 2.75) is 180 Å². The smallest absolute Gasteiger partial charge is 0.329 e. The van der Waals surface area contributed by atoms with Crippen molar-refractivity contribution in [1.29, 1.82) is 0 Å². The highest BCUT2D eigenvalue weighted by Crippen LogP contribution is 2.38. The average molecular weight is 914 g/mol. The molecule has 3 aliphatic heterocycles. The van der Waals surface area contributed by atoms with Crippen molar-refractivity contribution in [2.75, 3.05) is 27.9 Å². The number of methoxy groups -OCH3 is 3. The number of nitrogens with zero attached hydrogens (tertiary/aromatic N) is 1. The van der Waals surface area contributed by atoms with Crippen LogP contribution < -0.4 is 0 Å². The van der Waals surface area contributed by atoms with Gasteiger partial charge >= 0.3 is 5.97 Å². The van der Waals surface area contributed by atoms with Gasteiger partial charge in [-0.1, -0.05) is 71.1 Å². The van der Waals surface area contributed by atoms with E-state index in [1.165, 1.54) is 12.0 Å². The van der Waals surface area contributed by atoms with Crippen LogP contribution in [0.1, 0.15) is 126 Å². The predicted octanol–water partition coefficient (Wildman–Crippen LogP) is 6.18.